The number of ether oxygens (including phenoxy) is 1. The summed E-state index contributed by atoms with van der Waals surface area (Å²) in [4.78, 5) is 0. The molecule has 0 spiro atoms. The number of alkyl halides is 6. The maximum absolute atomic E-state index is 12.5. The third kappa shape index (κ3) is 3.57. The van der Waals surface area contributed by atoms with Gasteiger partial charge < -0.3 is 4.74 Å². The Bertz CT molecular complexity index is 333. The highest BCUT2D eigenvalue weighted by molar-refractivity contribution is 7.87. The third-order valence-electron chi connectivity index (χ3n) is 1.26. The number of halogens is 7. The highest BCUT2D eigenvalue weighted by atomic mass is 35.5. The summed E-state index contributed by atoms with van der Waals surface area (Å²) < 4.78 is 84.4. The van der Waals surface area contributed by atoms with Crippen molar-refractivity contribution in [2.45, 2.75) is 16.7 Å². The highest BCUT2D eigenvalue weighted by Gasteiger charge is 2.68. The lowest BCUT2D eigenvalue weighted by atomic mass is 10.5. The fourth-order valence-corrected chi connectivity index (χ4v) is 0.960. The predicted octanol–water partition coefficient (Wildman–Crippen LogP) is 2.33. The average Bonchev–Trinajstić information content (AvgIpc) is 2.12. The van der Waals surface area contributed by atoms with Crippen molar-refractivity contribution in [2.24, 2.45) is 0 Å². The molecule has 0 saturated heterocycles. The second kappa shape index (κ2) is 5.19. The van der Waals surface area contributed by atoms with Crippen molar-refractivity contribution < 1.29 is 34.6 Å². The molecular formula is C5H5Cl2F5O3S. The van der Waals surface area contributed by atoms with Gasteiger partial charge in [-0.05, 0) is 0 Å². The molecule has 0 aliphatic heterocycles. The monoisotopic (exact) mass is 310 g/mol. The van der Waals surface area contributed by atoms with Crippen molar-refractivity contribution in [3.8, 4) is 0 Å². The van der Waals surface area contributed by atoms with Crippen LogP contribution in [0.1, 0.15) is 0 Å². The quantitative estimate of drug-likeness (QED) is 0.430. The summed E-state index contributed by atoms with van der Waals surface area (Å²) in [5.74, 6) is -0.397. The van der Waals surface area contributed by atoms with Gasteiger partial charge in [0, 0.05) is 5.88 Å². The third-order valence-corrected chi connectivity index (χ3v) is 2.92. The van der Waals surface area contributed by atoms with E-state index in [1.165, 1.54) is 0 Å². The van der Waals surface area contributed by atoms with Crippen LogP contribution in [-0.4, -0.2) is 37.6 Å². The van der Waals surface area contributed by atoms with Crippen LogP contribution in [-0.2, 0) is 15.0 Å². The summed E-state index contributed by atoms with van der Waals surface area (Å²) in [7, 11) is -6.80. The first-order chi connectivity index (χ1) is 6.95. The Morgan fingerprint density at radius 1 is 1.25 bits per heavy atom. The summed E-state index contributed by atoms with van der Waals surface area (Å²) in [5, 5.41) is -7.23. The lowest BCUT2D eigenvalue weighted by Crippen LogP contribution is -2.48. The van der Waals surface area contributed by atoms with Crippen LogP contribution in [0.4, 0.5) is 21.4 Å². The predicted molar refractivity (Wildman–Crippen MR) is 46.2 cm³/mol. The smallest absolute Gasteiger partial charge is 0.313 e. The van der Waals surface area contributed by atoms with Crippen molar-refractivity contribution in [1.29, 1.82) is 0 Å². The van der Waals surface area contributed by atoms with Crippen molar-refractivity contribution in [1.82, 2.24) is 0 Å². The molecule has 1 atom stereocenters. The molecule has 0 saturated carbocycles. The van der Waals surface area contributed by atoms with Crippen LogP contribution in [0.15, 0.2) is 0 Å². The lowest BCUT2D eigenvalue weighted by molar-refractivity contribution is -0.317. The number of rotatable bonds is 6. The van der Waals surface area contributed by atoms with E-state index >= 15 is 0 Å². The van der Waals surface area contributed by atoms with Gasteiger partial charge in [-0.2, -0.15) is 26.0 Å². The maximum Gasteiger partial charge on any atom is 0.464 e. The summed E-state index contributed by atoms with van der Waals surface area (Å²) in [6.07, 6.45) is -5.53. The number of hydrogen-bond donors (Lipinski definition) is 0. The molecule has 0 aromatic carbocycles. The summed E-state index contributed by atoms with van der Waals surface area (Å²) >= 11 is 10.2. The normalized spacial score (nSPS) is 16.2. The largest absolute Gasteiger partial charge is 0.464 e. The van der Waals surface area contributed by atoms with Gasteiger partial charge in [0.05, 0.1) is 12.0 Å². The highest BCUT2D eigenvalue weighted by Crippen LogP contribution is 2.40. The molecule has 11 heteroatoms. The van der Waals surface area contributed by atoms with E-state index in [-0.39, 0.29) is 0 Å². The van der Waals surface area contributed by atoms with Gasteiger partial charge in [0.25, 0.3) is 0 Å². The zero-order valence-electron chi connectivity index (χ0n) is 7.27. The van der Waals surface area contributed by atoms with E-state index in [2.05, 4.69) is 4.74 Å². The van der Waals surface area contributed by atoms with Crippen LogP contribution >= 0.6 is 23.2 Å². The second-order valence-electron chi connectivity index (χ2n) is 2.53. The van der Waals surface area contributed by atoms with Crippen LogP contribution in [0.25, 0.3) is 0 Å². The van der Waals surface area contributed by atoms with E-state index in [1.807, 2.05) is 0 Å². The fraction of sp³-hybridized carbons (Fsp3) is 1.00. The number of hydrogen-bond acceptors (Lipinski definition) is 3. The minimum atomic E-state index is -6.80. The van der Waals surface area contributed by atoms with Crippen molar-refractivity contribution in [2.75, 3.05) is 12.5 Å². The van der Waals surface area contributed by atoms with E-state index in [0.29, 0.717) is 0 Å². The molecule has 0 aliphatic carbocycles. The summed E-state index contributed by atoms with van der Waals surface area (Å²) in [5.41, 5.74) is 0. The van der Waals surface area contributed by atoms with Gasteiger partial charge in [0.1, 0.15) is 0 Å². The molecule has 0 N–H and O–H groups in total. The van der Waals surface area contributed by atoms with Crippen molar-refractivity contribution >= 4 is 33.4 Å². The van der Waals surface area contributed by atoms with Gasteiger partial charge in [0.2, 0.25) is 0 Å². The van der Waals surface area contributed by atoms with E-state index in [0.717, 1.165) is 0 Å². The van der Waals surface area contributed by atoms with Gasteiger partial charge in [-0.25, -0.2) is 0 Å². The van der Waals surface area contributed by atoms with E-state index in [9.17, 15) is 29.9 Å². The minimum Gasteiger partial charge on any atom is -0.313 e. The van der Waals surface area contributed by atoms with Crippen molar-refractivity contribution in [3.63, 3.8) is 0 Å². The summed E-state index contributed by atoms with van der Waals surface area (Å²) in [6, 6.07) is 0. The van der Waals surface area contributed by atoms with Gasteiger partial charge in [-0.15, -0.1) is 23.2 Å². The molecule has 0 radical (unpaired) electrons. The fourth-order valence-electron chi connectivity index (χ4n) is 0.466. The topological polar surface area (TPSA) is 43.4 Å². The molecule has 98 valence electrons. The SMILES string of the molecule is O=S(=O)(F)C(F)(F)C(F)(F)OCC(Cl)CCl. The molecule has 0 bridgehead atoms. The first-order valence-electron chi connectivity index (χ1n) is 3.49. The van der Waals surface area contributed by atoms with Gasteiger partial charge in [0.15, 0.2) is 0 Å². The molecule has 0 fully saturated rings. The Labute approximate surface area is 97.7 Å². The first kappa shape index (κ1) is 16.1. The average molecular weight is 311 g/mol. The molecule has 0 rings (SSSR count). The van der Waals surface area contributed by atoms with Gasteiger partial charge >= 0.3 is 21.6 Å². The molecule has 0 heterocycles. The maximum atomic E-state index is 12.5. The van der Waals surface area contributed by atoms with E-state index < -0.39 is 39.5 Å². The van der Waals surface area contributed by atoms with Crippen LogP contribution in [0.5, 0.6) is 0 Å². The van der Waals surface area contributed by atoms with E-state index in [4.69, 9.17) is 23.2 Å². The lowest BCUT2D eigenvalue weighted by Gasteiger charge is -2.23. The van der Waals surface area contributed by atoms with Crippen LogP contribution in [0, 0.1) is 0 Å². The zero-order valence-corrected chi connectivity index (χ0v) is 9.60. The Balaban J connectivity index is 4.79. The standard InChI is InChI=1S/C5H5Cl2F5O3S/c6-1-3(7)2-15-4(8,9)5(10,11)16(12,13)14/h3H,1-2H2. The Morgan fingerprint density at radius 2 is 1.69 bits per heavy atom. The van der Waals surface area contributed by atoms with Gasteiger partial charge in [-0.3, -0.25) is 0 Å². The molecule has 0 amide bonds. The Morgan fingerprint density at radius 3 is 2.00 bits per heavy atom. The first-order valence-corrected chi connectivity index (χ1v) is 5.85. The summed E-state index contributed by atoms with van der Waals surface area (Å²) in [6.45, 7) is -1.16. The molecule has 16 heavy (non-hydrogen) atoms. The molecule has 3 nitrogen and oxygen atoms in total. The van der Waals surface area contributed by atoms with Crippen LogP contribution in [0.3, 0.4) is 0 Å². The van der Waals surface area contributed by atoms with Crippen molar-refractivity contribution in [3.05, 3.63) is 0 Å². The van der Waals surface area contributed by atoms with Gasteiger partial charge in [-0.1, -0.05) is 3.89 Å². The molecule has 0 aromatic rings. The Kier molecular flexibility index (Phi) is 5.24. The molecular weight excluding hydrogens is 306 g/mol. The zero-order chi connectivity index (χ0) is 13.2. The molecule has 0 aromatic heterocycles. The second-order valence-corrected chi connectivity index (χ2v) is 4.85. The van der Waals surface area contributed by atoms with Crippen LogP contribution in [0.2, 0.25) is 0 Å². The molecule has 1 unspecified atom stereocenters. The van der Waals surface area contributed by atoms with E-state index in [1.54, 1.807) is 0 Å². The Hall–Kier alpha value is 0.140. The van der Waals surface area contributed by atoms with Crippen LogP contribution < -0.4 is 0 Å². The minimum absolute atomic E-state index is 0.397. The molecule has 0 aliphatic rings.